The molecule has 0 aliphatic carbocycles. The summed E-state index contributed by atoms with van der Waals surface area (Å²) in [4.78, 5) is 20.1. The minimum atomic E-state index is 0.899. The van der Waals surface area contributed by atoms with E-state index in [1.54, 1.807) is 0 Å². The van der Waals surface area contributed by atoms with E-state index in [9.17, 15) is 0 Å². The number of aliphatic imine (C=N–C) groups is 4. The van der Waals surface area contributed by atoms with E-state index in [1.165, 1.54) is 36.8 Å². The molecule has 6 heteroatoms. The molecular formula is C30H30Br2N4. The van der Waals surface area contributed by atoms with Crippen LogP contribution in [0.15, 0.2) is 111 Å². The van der Waals surface area contributed by atoms with E-state index in [1.807, 2.05) is 0 Å². The molecule has 184 valence electrons. The van der Waals surface area contributed by atoms with E-state index in [0.717, 1.165) is 80.3 Å². The summed E-state index contributed by atoms with van der Waals surface area (Å²) < 4.78 is 1.83. The Labute approximate surface area is 230 Å². The Balaban J connectivity index is 1.66. The van der Waals surface area contributed by atoms with Gasteiger partial charge in [0.25, 0.3) is 0 Å². The Hall–Kier alpha value is -2.44. The number of rotatable bonds is 8. The fourth-order valence-electron chi connectivity index (χ4n) is 4.75. The van der Waals surface area contributed by atoms with Crippen molar-refractivity contribution in [3.8, 4) is 0 Å². The van der Waals surface area contributed by atoms with Crippen LogP contribution in [0.2, 0.25) is 0 Å². The van der Waals surface area contributed by atoms with Crippen LogP contribution >= 0.6 is 31.9 Å². The SMILES string of the molecule is CCCCCC1=C2C=CC(=N2)C(Br)=C2C=CC(=N2)C(CCCCC)=C2C=CC(=N2)C(Br)=C2C=CC1=N2. The summed E-state index contributed by atoms with van der Waals surface area (Å²) in [6.45, 7) is 4.46. The predicted octanol–water partition coefficient (Wildman–Crippen LogP) is 8.93. The van der Waals surface area contributed by atoms with Gasteiger partial charge < -0.3 is 0 Å². The summed E-state index contributed by atoms with van der Waals surface area (Å²) in [5, 5.41) is 0. The highest BCUT2D eigenvalue weighted by Gasteiger charge is 2.23. The molecule has 5 heterocycles. The molecule has 0 aromatic rings. The first kappa shape index (κ1) is 25.2. The molecule has 5 aliphatic rings. The van der Waals surface area contributed by atoms with Gasteiger partial charge in [-0.2, -0.15) is 0 Å². The summed E-state index contributed by atoms with van der Waals surface area (Å²) >= 11 is 7.61. The highest BCUT2D eigenvalue weighted by Crippen LogP contribution is 2.34. The van der Waals surface area contributed by atoms with Gasteiger partial charge in [-0.1, -0.05) is 39.5 Å². The standard InChI is InChI=1S/C30H30Br2N4/c1-3-5-7-9-19-21-11-15-25(33-21)29(31)27-17-13-23(35-27)20(10-8-6-4-2)24-14-18-28(36-24)30(32)26-16-12-22(19)34-26/h11-18H,3-10H2,1-2H3. The second-order valence-corrected chi connectivity index (χ2v) is 10.9. The molecule has 36 heavy (non-hydrogen) atoms. The molecule has 0 saturated heterocycles. The lowest BCUT2D eigenvalue weighted by Gasteiger charge is -2.09. The Morgan fingerprint density at radius 3 is 1.25 bits per heavy atom. The second kappa shape index (κ2) is 11.3. The van der Waals surface area contributed by atoms with Crippen LogP contribution in [0, 0.1) is 0 Å². The normalized spacial score (nSPS) is 20.3. The van der Waals surface area contributed by atoms with Gasteiger partial charge in [0.05, 0.1) is 54.6 Å². The monoisotopic (exact) mass is 604 g/mol. The topological polar surface area (TPSA) is 49.4 Å². The molecule has 0 fully saturated rings. The van der Waals surface area contributed by atoms with Crippen molar-refractivity contribution < 1.29 is 0 Å². The summed E-state index contributed by atoms with van der Waals surface area (Å²) in [5.74, 6) is 0. The zero-order valence-electron chi connectivity index (χ0n) is 20.8. The lowest BCUT2D eigenvalue weighted by Crippen LogP contribution is -2.02. The first-order valence-electron chi connectivity index (χ1n) is 12.9. The molecule has 0 N–H and O–H groups in total. The highest BCUT2D eigenvalue weighted by atomic mass is 79.9. The minimum Gasteiger partial charge on any atom is -0.247 e. The lowest BCUT2D eigenvalue weighted by molar-refractivity contribution is 0.720. The largest absolute Gasteiger partial charge is 0.247 e. The van der Waals surface area contributed by atoms with Crippen LogP contribution in [0.5, 0.6) is 0 Å². The van der Waals surface area contributed by atoms with Crippen LogP contribution in [0.4, 0.5) is 0 Å². The van der Waals surface area contributed by atoms with Crippen molar-refractivity contribution in [3.05, 3.63) is 91.5 Å². The fraction of sp³-hybridized carbons (Fsp3) is 0.333. The van der Waals surface area contributed by atoms with E-state index >= 15 is 0 Å². The fourth-order valence-corrected chi connectivity index (χ4v) is 5.63. The van der Waals surface area contributed by atoms with Gasteiger partial charge in [-0.3, -0.25) is 0 Å². The zero-order valence-corrected chi connectivity index (χ0v) is 24.0. The van der Waals surface area contributed by atoms with Crippen LogP contribution in [-0.4, -0.2) is 22.8 Å². The van der Waals surface area contributed by atoms with Crippen molar-refractivity contribution in [1.29, 1.82) is 0 Å². The van der Waals surface area contributed by atoms with Crippen LogP contribution < -0.4 is 0 Å². The maximum Gasteiger partial charge on any atom is 0.0801 e. The van der Waals surface area contributed by atoms with E-state index in [4.69, 9.17) is 20.0 Å². The first-order valence-corrected chi connectivity index (χ1v) is 14.5. The van der Waals surface area contributed by atoms with Crippen molar-refractivity contribution in [2.75, 3.05) is 0 Å². The second-order valence-electron chi connectivity index (χ2n) is 9.36. The van der Waals surface area contributed by atoms with Crippen molar-refractivity contribution in [1.82, 2.24) is 0 Å². The third-order valence-electron chi connectivity index (χ3n) is 6.76. The Morgan fingerprint density at radius 1 is 0.472 bits per heavy atom. The summed E-state index contributed by atoms with van der Waals surface area (Å²) in [7, 11) is 0. The van der Waals surface area contributed by atoms with E-state index < -0.39 is 0 Å². The Kier molecular flexibility index (Phi) is 7.92. The number of nitrogens with zero attached hydrogens (tertiary/aromatic N) is 4. The Bertz CT molecular complexity index is 1250. The summed E-state index contributed by atoms with van der Waals surface area (Å²) in [6, 6.07) is 0. The number of hydrogen-bond donors (Lipinski definition) is 0. The Morgan fingerprint density at radius 2 is 0.833 bits per heavy atom. The quantitative estimate of drug-likeness (QED) is 0.248. The number of halogens is 2. The molecular weight excluding hydrogens is 576 g/mol. The summed E-state index contributed by atoms with van der Waals surface area (Å²) in [6.07, 6.45) is 25.6. The van der Waals surface area contributed by atoms with E-state index in [-0.39, 0.29) is 0 Å². The molecule has 0 atom stereocenters. The van der Waals surface area contributed by atoms with Gasteiger partial charge >= 0.3 is 0 Å². The molecule has 8 bridgehead atoms. The molecule has 5 aliphatic heterocycles. The van der Waals surface area contributed by atoms with Crippen molar-refractivity contribution in [2.45, 2.75) is 65.2 Å². The van der Waals surface area contributed by atoms with Gasteiger partial charge in [0.1, 0.15) is 0 Å². The molecule has 4 nitrogen and oxygen atoms in total. The number of hydrogen-bond acceptors (Lipinski definition) is 4. The molecule has 0 spiro atoms. The maximum atomic E-state index is 5.02. The van der Waals surface area contributed by atoms with Gasteiger partial charge in [-0.15, -0.1) is 0 Å². The van der Waals surface area contributed by atoms with Crippen LogP contribution in [0.1, 0.15) is 65.2 Å². The minimum absolute atomic E-state index is 0.899. The van der Waals surface area contributed by atoms with Crippen LogP contribution in [0.25, 0.3) is 0 Å². The predicted molar refractivity (Wildman–Crippen MR) is 161 cm³/mol. The molecule has 5 rings (SSSR count). The maximum absolute atomic E-state index is 5.02. The molecule has 0 aromatic heterocycles. The van der Waals surface area contributed by atoms with Crippen LogP contribution in [-0.2, 0) is 0 Å². The number of fused-ring (bicyclic) bond motifs is 4. The average Bonchev–Trinajstić information content (AvgIpc) is 3.69. The van der Waals surface area contributed by atoms with Gasteiger partial charge in [0, 0.05) is 11.1 Å². The average molecular weight is 606 g/mol. The van der Waals surface area contributed by atoms with Crippen LogP contribution in [0.3, 0.4) is 0 Å². The molecule has 0 radical (unpaired) electrons. The van der Waals surface area contributed by atoms with E-state index in [2.05, 4.69) is 94.3 Å². The van der Waals surface area contributed by atoms with Gasteiger partial charge in [-0.25, -0.2) is 20.0 Å². The van der Waals surface area contributed by atoms with Gasteiger partial charge in [0.2, 0.25) is 0 Å². The first-order chi connectivity index (χ1) is 17.6. The van der Waals surface area contributed by atoms with Crippen molar-refractivity contribution in [2.24, 2.45) is 20.0 Å². The number of allylic oxidation sites excluding steroid dienone is 12. The number of unbranched alkanes of at least 4 members (excludes halogenated alkanes) is 4. The zero-order chi connectivity index (χ0) is 25.1. The van der Waals surface area contributed by atoms with E-state index in [0.29, 0.717) is 0 Å². The highest BCUT2D eigenvalue weighted by molar-refractivity contribution is 9.12. The summed E-state index contributed by atoms with van der Waals surface area (Å²) in [5.41, 5.74) is 9.91. The van der Waals surface area contributed by atoms with Gasteiger partial charge in [0.15, 0.2) is 0 Å². The lowest BCUT2D eigenvalue weighted by atomic mass is 10.0. The van der Waals surface area contributed by atoms with Crippen molar-refractivity contribution in [3.63, 3.8) is 0 Å². The molecule has 0 unspecified atom stereocenters. The van der Waals surface area contributed by atoms with Crippen molar-refractivity contribution >= 4 is 54.7 Å². The smallest absolute Gasteiger partial charge is 0.0801 e. The third kappa shape index (κ3) is 5.16. The molecule has 0 amide bonds. The molecule has 0 saturated carbocycles. The molecule has 0 aromatic carbocycles. The van der Waals surface area contributed by atoms with Gasteiger partial charge in [-0.05, 0) is 106 Å². The third-order valence-corrected chi connectivity index (χ3v) is 8.38.